The number of rotatable bonds is 3. The SMILES string of the molecule is O=S(=O)(O)Nc1ccc2c(C3CCCC3)nsc2c1. The fraction of sp³-hybridized carbons (Fsp3) is 0.417. The van der Waals surface area contributed by atoms with Gasteiger partial charge in [0.05, 0.1) is 16.1 Å². The van der Waals surface area contributed by atoms with Crippen molar-refractivity contribution in [3.63, 3.8) is 0 Å². The Morgan fingerprint density at radius 3 is 2.74 bits per heavy atom. The van der Waals surface area contributed by atoms with Crippen LogP contribution in [0, 0.1) is 0 Å². The third-order valence-corrected chi connectivity index (χ3v) is 4.80. The summed E-state index contributed by atoms with van der Waals surface area (Å²) in [4.78, 5) is 0. The quantitative estimate of drug-likeness (QED) is 0.853. The van der Waals surface area contributed by atoms with Gasteiger partial charge in [-0.25, -0.2) is 0 Å². The van der Waals surface area contributed by atoms with Crippen LogP contribution in [0.25, 0.3) is 10.1 Å². The summed E-state index contributed by atoms with van der Waals surface area (Å²) in [5, 5.41) is 1.10. The van der Waals surface area contributed by atoms with Crippen LogP contribution in [-0.2, 0) is 10.3 Å². The molecular formula is C12H14N2O3S2. The van der Waals surface area contributed by atoms with Crippen LogP contribution >= 0.6 is 11.5 Å². The van der Waals surface area contributed by atoms with Gasteiger partial charge in [-0.15, -0.1) is 0 Å². The molecule has 3 rings (SSSR count). The van der Waals surface area contributed by atoms with Crippen molar-refractivity contribution in [2.24, 2.45) is 0 Å². The van der Waals surface area contributed by atoms with Gasteiger partial charge in [0.25, 0.3) is 0 Å². The molecule has 1 saturated carbocycles. The van der Waals surface area contributed by atoms with Gasteiger partial charge in [-0.3, -0.25) is 9.27 Å². The molecule has 1 fully saturated rings. The first kappa shape index (κ1) is 12.8. The van der Waals surface area contributed by atoms with Crippen LogP contribution < -0.4 is 4.72 Å². The molecule has 0 bridgehead atoms. The summed E-state index contributed by atoms with van der Waals surface area (Å²) in [6, 6.07) is 5.24. The van der Waals surface area contributed by atoms with Crippen LogP contribution in [-0.4, -0.2) is 17.3 Å². The highest BCUT2D eigenvalue weighted by Crippen LogP contribution is 2.38. The summed E-state index contributed by atoms with van der Waals surface area (Å²) in [6.45, 7) is 0. The smallest absolute Gasteiger partial charge is 0.269 e. The highest BCUT2D eigenvalue weighted by atomic mass is 32.2. The standard InChI is InChI=1S/C12H14N2O3S2/c15-19(16,17)14-9-5-6-10-11(7-9)18-13-12(10)8-3-1-2-4-8/h5-8,14H,1-4H2,(H,15,16,17). The number of nitrogens with one attached hydrogen (secondary N) is 1. The number of hydrogen-bond acceptors (Lipinski definition) is 4. The van der Waals surface area contributed by atoms with Gasteiger partial charge in [-0.1, -0.05) is 12.8 Å². The van der Waals surface area contributed by atoms with Gasteiger partial charge >= 0.3 is 10.3 Å². The number of hydrogen-bond donors (Lipinski definition) is 2. The van der Waals surface area contributed by atoms with E-state index in [1.54, 1.807) is 12.1 Å². The normalized spacial score (nSPS) is 17.1. The maximum Gasteiger partial charge on any atom is 0.357 e. The number of anilines is 1. The molecule has 2 N–H and O–H groups in total. The van der Waals surface area contributed by atoms with Crippen molar-refractivity contribution in [1.82, 2.24) is 4.37 Å². The Labute approximate surface area is 115 Å². The van der Waals surface area contributed by atoms with E-state index < -0.39 is 10.3 Å². The van der Waals surface area contributed by atoms with Crippen LogP contribution in [0.1, 0.15) is 37.3 Å². The molecule has 0 spiro atoms. The molecule has 0 amide bonds. The molecule has 0 atom stereocenters. The Balaban J connectivity index is 1.97. The van der Waals surface area contributed by atoms with Crippen molar-refractivity contribution in [2.45, 2.75) is 31.6 Å². The minimum Gasteiger partial charge on any atom is -0.269 e. The van der Waals surface area contributed by atoms with Crippen LogP contribution in [0.4, 0.5) is 5.69 Å². The summed E-state index contributed by atoms with van der Waals surface area (Å²) in [7, 11) is -4.22. The minimum atomic E-state index is -4.22. The van der Waals surface area contributed by atoms with Crippen molar-refractivity contribution >= 4 is 37.6 Å². The van der Waals surface area contributed by atoms with E-state index in [0.29, 0.717) is 11.6 Å². The van der Waals surface area contributed by atoms with Gasteiger partial charge in [-0.2, -0.15) is 12.8 Å². The molecule has 1 aromatic heterocycles. The van der Waals surface area contributed by atoms with Crippen molar-refractivity contribution in [3.05, 3.63) is 23.9 Å². The van der Waals surface area contributed by atoms with Crippen LogP contribution in [0.2, 0.25) is 0 Å². The maximum atomic E-state index is 10.8. The van der Waals surface area contributed by atoms with Gasteiger partial charge in [0, 0.05) is 11.3 Å². The van der Waals surface area contributed by atoms with Crippen LogP contribution in [0.15, 0.2) is 18.2 Å². The zero-order valence-corrected chi connectivity index (χ0v) is 11.8. The van der Waals surface area contributed by atoms with Gasteiger partial charge in [-0.05, 0) is 42.6 Å². The van der Waals surface area contributed by atoms with E-state index >= 15 is 0 Å². The average molecular weight is 298 g/mol. The summed E-state index contributed by atoms with van der Waals surface area (Å²) >= 11 is 1.37. The Kier molecular flexibility index (Phi) is 3.20. The molecule has 0 saturated heterocycles. The summed E-state index contributed by atoms with van der Waals surface area (Å²) in [5.74, 6) is 0.536. The van der Waals surface area contributed by atoms with Gasteiger partial charge in [0.2, 0.25) is 0 Å². The molecule has 1 aliphatic rings. The third-order valence-electron chi connectivity index (χ3n) is 3.49. The Morgan fingerprint density at radius 1 is 1.32 bits per heavy atom. The fourth-order valence-electron chi connectivity index (χ4n) is 2.66. The lowest BCUT2D eigenvalue weighted by Gasteiger charge is -2.06. The summed E-state index contributed by atoms with van der Waals surface area (Å²) in [5.41, 5.74) is 1.49. The zero-order valence-electron chi connectivity index (χ0n) is 10.2. The predicted molar refractivity (Wildman–Crippen MR) is 76.0 cm³/mol. The first-order valence-corrected chi connectivity index (χ1v) is 8.39. The molecule has 7 heteroatoms. The Morgan fingerprint density at radius 2 is 2.05 bits per heavy atom. The van der Waals surface area contributed by atoms with E-state index in [1.807, 2.05) is 6.07 Å². The molecule has 5 nitrogen and oxygen atoms in total. The van der Waals surface area contributed by atoms with Gasteiger partial charge < -0.3 is 0 Å². The Hall–Kier alpha value is -1.18. The molecule has 0 radical (unpaired) electrons. The molecule has 0 aliphatic heterocycles. The molecule has 19 heavy (non-hydrogen) atoms. The lowest BCUT2D eigenvalue weighted by Crippen LogP contribution is -2.09. The van der Waals surface area contributed by atoms with Crippen LogP contribution in [0.5, 0.6) is 0 Å². The van der Waals surface area contributed by atoms with Gasteiger partial charge in [0.1, 0.15) is 0 Å². The first-order valence-electron chi connectivity index (χ1n) is 6.17. The first-order chi connectivity index (χ1) is 9.03. The second-order valence-corrected chi connectivity index (χ2v) is 6.80. The number of nitrogens with zero attached hydrogens (tertiary/aromatic N) is 1. The molecule has 0 unspecified atom stereocenters. The van der Waals surface area contributed by atoms with E-state index in [2.05, 4.69) is 9.10 Å². The molecule has 2 aromatic rings. The second kappa shape index (κ2) is 4.73. The van der Waals surface area contributed by atoms with E-state index in [-0.39, 0.29) is 0 Å². The topological polar surface area (TPSA) is 79.3 Å². The zero-order chi connectivity index (χ0) is 13.5. The minimum absolute atomic E-state index is 0.358. The van der Waals surface area contributed by atoms with Crippen molar-refractivity contribution in [1.29, 1.82) is 0 Å². The van der Waals surface area contributed by atoms with Crippen molar-refractivity contribution in [2.75, 3.05) is 4.72 Å². The van der Waals surface area contributed by atoms with E-state index in [4.69, 9.17) is 4.55 Å². The molecule has 1 aromatic carbocycles. The second-order valence-electron chi connectivity index (χ2n) is 4.84. The highest BCUT2D eigenvalue weighted by Gasteiger charge is 2.21. The lowest BCUT2D eigenvalue weighted by molar-refractivity contribution is 0.490. The summed E-state index contributed by atoms with van der Waals surface area (Å²) in [6.07, 6.45) is 4.88. The largest absolute Gasteiger partial charge is 0.357 e. The monoisotopic (exact) mass is 298 g/mol. The third kappa shape index (κ3) is 2.72. The highest BCUT2D eigenvalue weighted by molar-refractivity contribution is 7.87. The number of benzene rings is 1. The van der Waals surface area contributed by atoms with Crippen LogP contribution in [0.3, 0.4) is 0 Å². The molecule has 102 valence electrons. The Bertz CT molecular complexity index is 703. The average Bonchev–Trinajstić information content (AvgIpc) is 2.93. The van der Waals surface area contributed by atoms with Crippen molar-refractivity contribution < 1.29 is 13.0 Å². The van der Waals surface area contributed by atoms with E-state index in [0.717, 1.165) is 15.8 Å². The molecular weight excluding hydrogens is 284 g/mol. The fourth-order valence-corrected chi connectivity index (χ4v) is 3.98. The van der Waals surface area contributed by atoms with E-state index in [9.17, 15) is 8.42 Å². The lowest BCUT2D eigenvalue weighted by atomic mass is 10.0. The summed E-state index contributed by atoms with van der Waals surface area (Å²) < 4.78 is 37.9. The molecule has 1 heterocycles. The number of fused-ring (bicyclic) bond motifs is 1. The molecule has 1 aliphatic carbocycles. The maximum absolute atomic E-state index is 10.8. The van der Waals surface area contributed by atoms with Gasteiger partial charge in [0.15, 0.2) is 0 Å². The predicted octanol–water partition coefficient (Wildman–Crippen LogP) is 3.17. The van der Waals surface area contributed by atoms with E-state index in [1.165, 1.54) is 37.2 Å². The van der Waals surface area contributed by atoms with Crippen molar-refractivity contribution in [3.8, 4) is 0 Å². The number of aromatic nitrogens is 1.